The van der Waals surface area contributed by atoms with Crippen molar-refractivity contribution < 1.29 is 19.0 Å². The third kappa shape index (κ3) is 4.12. The molecule has 0 unspecified atom stereocenters. The van der Waals surface area contributed by atoms with Crippen molar-refractivity contribution in [1.82, 2.24) is 19.6 Å². The largest absolute Gasteiger partial charge is 0.389 e. The zero-order valence-corrected chi connectivity index (χ0v) is 17.5. The van der Waals surface area contributed by atoms with Crippen LogP contribution in [0.3, 0.4) is 0 Å². The second-order valence-corrected chi connectivity index (χ2v) is 8.17. The van der Waals surface area contributed by atoms with Gasteiger partial charge in [0, 0.05) is 33.2 Å². The second kappa shape index (κ2) is 8.83. The number of aromatic nitrogens is 2. The lowest BCUT2D eigenvalue weighted by Gasteiger charge is -2.45. The lowest BCUT2D eigenvalue weighted by Crippen LogP contribution is -2.58. The first-order chi connectivity index (χ1) is 14.5. The van der Waals surface area contributed by atoms with Crippen LogP contribution in [0.5, 0.6) is 0 Å². The molecule has 2 heterocycles. The average molecular weight is 416 g/mol. The molecule has 1 aliphatic carbocycles. The van der Waals surface area contributed by atoms with Crippen LogP contribution in [0.15, 0.2) is 30.3 Å². The highest BCUT2D eigenvalue weighted by Crippen LogP contribution is 2.29. The minimum atomic E-state index is -0.605. The topological polar surface area (TPSA) is 70.8 Å². The molecule has 1 amide bonds. The van der Waals surface area contributed by atoms with Crippen molar-refractivity contribution in [2.24, 2.45) is 7.05 Å². The van der Waals surface area contributed by atoms with Crippen LogP contribution in [0.4, 0.5) is 4.39 Å². The molecule has 8 heteroatoms. The van der Waals surface area contributed by atoms with Gasteiger partial charge in [-0.3, -0.25) is 14.4 Å². The molecular weight excluding hydrogens is 387 g/mol. The molecule has 1 saturated carbocycles. The minimum absolute atomic E-state index is 0.0430. The fraction of sp³-hybridized carbons (Fsp3) is 0.545. The molecule has 30 heavy (non-hydrogen) atoms. The predicted octanol–water partition coefficient (Wildman–Crippen LogP) is 1.91. The number of rotatable bonds is 4. The Kier molecular flexibility index (Phi) is 6.17. The van der Waals surface area contributed by atoms with Gasteiger partial charge >= 0.3 is 0 Å². The van der Waals surface area contributed by atoms with Crippen LogP contribution < -0.4 is 0 Å². The second-order valence-electron chi connectivity index (χ2n) is 8.17. The lowest BCUT2D eigenvalue weighted by molar-refractivity contribution is -0.0614. The molecule has 1 aromatic heterocycles. The van der Waals surface area contributed by atoms with E-state index in [-0.39, 0.29) is 23.8 Å². The van der Waals surface area contributed by atoms with Crippen LogP contribution in [0, 0.1) is 5.82 Å². The maximum Gasteiger partial charge on any atom is 0.274 e. The number of nitrogens with zero attached hydrogens (tertiary/aromatic N) is 4. The van der Waals surface area contributed by atoms with Crippen LogP contribution in [0.2, 0.25) is 0 Å². The van der Waals surface area contributed by atoms with Crippen molar-refractivity contribution in [1.29, 1.82) is 0 Å². The molecule has 7 nitrogen and oxygen atoms in total. The lowest BCUT2D eigenvalue weighted by atomic mass is 9.86. The van der Waals surface area contributed by atoms with Crippen molar-refractivity contribution in [3.8, 4) is 11.3 Å². The minimum Gasteiger partial charge on any atom is -0.389 e. The molecule has 4 rings (SSSR count). The number of hydrogen-bond acceptors (Lipinski definition) is 5. The predicted molar refractivity (Wildman–Crippen MR) is 111 cm³/mol. The smallest absolute Gasteiger partial charge is 0.274 e. The SMILES string of the molecule is CN(C(=O)c1cc(-c2ccc(F)cc2)n(C)n1)[C@@H]1CCC[C@@H](N2CCOCC2)[C@@H]1O. The van der Waals surface area contributed by atoms with Gasteiger partial charge in [-0.05, 0) is 55.2 Å². The quantitative estimate of drug-likeness (QED) is 0.825. The van der Waals surface area contributed by atoms with Crippen molar-refractivity contribution in [3.63, 3.8) is 0 Å². The Morgan fingerprint density at radius 3 is 2.63 bits per heavy atom. The first-order valence-corrected chi connectivity index (χ1v) is 10.5. The van der Waals surface area contributed by atoms with Crippen molar-refractivity contribution >= 4 is 5.91 Å². The van der Waals surface area contributed by atoms with E-state index in [4.69, 9.17) is 4.74 Å². The fourth-order valence-corrected chi connectivity index (χ4v) is 4.66. The molecular formula is C22H29FN4O3. The Hall–Kier alpha value is -2.29. The number of likely N-dealkylation sites (N-methyl/N-ethyl adjacent to an activating group) is 1. The zero-order valence-electron chi connectivity index (χ0n) is 17.5. The van der Waals surface area contributed by atoms with Gasteiger partial charge in [-0.2, -0.15) is 5.10 Å². The van der Waals surface area contributed by atoms with Gasteiger partial charge in [-0.1, -0.05) is 0 Å². The molecule has 162 valence electrons. The molecule has 2 fully saturated rings. The number of hydrogen-bond donors (Lipinski definition) is 1. The van der Waals surface area contributed by atoms with E-state index in [1.54, 1.807) is 41.9 Å². The van der Waals surface area contributed by atoms with Crippen molar-refractivity contribution in [2.75, 3.05) is 33.4 Å². The molecule has 0 bridgehead atoms. The summed E-state index contributed by atoms with van der Waals surface area (Å²) in [6, 6.07) is 7.63. The number of benzene rings is 1. The first kappa shape index (κ1) is 21.0. The van der Waals surface area contributed by atoms with Crippen molar-refractivity contribution in [2.45, 2.75) is 37.5 Å². The van der Waals surface area contributed by atoms with E-state index >= 15 is 0 Å². The number of ether oxygens (including phenoxy) is 1. The third-order valence-corrected chi connectivity index (χ3v) is 6.36. The summed E-state index contributed by atoms with van der Waals surface area (Å²) < 4.78 is 20.3. The summed E-state index contributed by atoms with van der Waals surface area (Å²) in [5, 5.41) is 15.5. The van der Waals surface area contributed by atoms with E-state index in [2.05, 4.69) is 10.00 Å². The normalized spacial score (nSPS) is 25.3. The van der Waals surface area contributed by atoms with Crippen LogP contribution in [-0.2, 0) is 11.8 Å². The van der Waals surface area contributed by atoms with E-state index in [1.165, 1.54) is 12.1 Å². The summed E-state index contributed by atoms with van der Waals surface area (Å²) in [6.45, 7) is 2.99. The number of aliphatic hydroxyl groups is 1. The van der Waals surface area contributed by atoms with Crippen molar-refractivity contribution in [3.05, 3.63) is 41.8 Å². The van der Waals surface area contributed by atoms with Gasteiger partial charge in [0.05, 0.1) is 31.1 Å². The number of morpholine rings is 1. The Labute approximate surface area is 176 Å². The van der Waals surface area contributed by atoms with Gasteiger partial charge < -0.3 is 14.7 Å². The maximum absolute atomic E-state index is 13.2. The number of carbonyl (C=O) groups is 1. The van der Waals surface area contributed by atoms with E-state index < -0.39 is 6.10 Å². The Morgan fingerprint density at radius 1 is 1.23 bits per heavy atom. The molecule has 0 spiro atoms. The van der Waals surface area contributed by atoms with Crippen LogP contribution in [-0.4, -0.2) is 82.1 Å². The van der Waals surface area contributed by atoms with Gasteiger partial charge in [0.15, 0.2) is 5.69 Å². The average Bonchev–Trinajstić information content (AvgIpc) is 3.15. The van der Waals surface area contributed by atoms with Gasteiger partial charge in [-0.25, -0.2) is 4.39 Å². The number of amides is 1. The van der Waals surface area contributed by atoms with E-state index in [0.717, 1.165) is 43.6 Å². The summed E-state index contributed by atoms with van der Waals surface area (Å²) in [7, 11) is 3.50. The number of aliphatic hydroxyl groups excluding tert-OH is 1. The van der Waals surface area contributed by atoms with E-state index in [0.29, 0.717) is 18.9 Å². The summed E-state index contributed by atoms with van der Waals surface area (Å²) in [6.07, 6.45) is 2.05. The Balaban J connectivity index is 1.50. The molecule has 3 atom stereocenters. The van der Waals surface area contributed by atoms with E-state index in [1.807, 2.05) is 0 Å². The molecule has 0 radical (unpaired) electrons. The van der Waals surface area contributed by atoms with E-state index in [9.17, 15) is 14.3 Å². The van der Waals surface area contributed by atoms with Gasteiger partial charge in [0.2, 0.25) is 0 Å². The highest BCUT2D eigenvalue weighted by molar-refractivity contribution is 5.93. The Morgan fingerprint density at radius 2 is 1.93 bits per heavy atom. The third-order valence-electron chi connectivity index (χ3n) is 6.36. The summed E-state index contributed by atoms with van der Waals surface area (Å²) in [5.41, 5.74) is 1.85. The summed E-state index contributed by atoms with van der Waals surface area (Å²) in [5.74, 6) is -0.524. The first-order valence-electron chi connectivity index (χ1n) is 10.5. The monoisotopic (exact) mass is 416 g/mol. The van der Waals surface area contributed by atoms with Crippen LogP contribution in [0.1, 0.15) is 29.8 Å². The zero-order chi connectivity index (χ0) is 21.3. The van der Waals surface area contributed by atoms with Gasteiger partial charge in [0.25, 0.3) is 5.91 Å². The number of carbonyl (C=O) groups excluding carboxylic acids is 1. The number of aryl methyl sites for hydroxylation is 1. The molecule has 2 aromatic rings. The number of halogens is 1. The fourth-order valence-electron chi connectivity index (χ4n) is 4.66. The molecule has 1 N–H and O–H groups in total. The maximum atomic E-state index is 13.2. The Bertz CT molecular complexity index is 879. The molecule has 2 aliphatic rings. The van der Waals surface area contributed by atoms with Crippen LogP contribution >= 0.6 is 0 Å². The van der Waals surface area contributed by atoms with Gasteiger partial charge in [-0.15, -0.1) is 0 Å². The summed E-state index contributed by atoms with van der Waals surface area (Å²) >= 11 is 0. The highest BCUT2D eigenvalue weighted by Gasteiger charge is 2.39. The highest BCUT2D eigenvalue weighted by atomic mass is 19.1. The van der Waals surface area contributed by atoms with Crippen LogP contribution in [0.25, 0.3) is 11.3 Å². The van der Waals surface area contributed by atoms with Gasteiger partial charge in [0.1, 0.15) is 5.82 Å². The standard InChI is InChI=1S/C22H29FN4O3/c1-25(18-4-3-5-19(21(18)28)27-10-12-30-13-11-27)22(29)17-14-20(26(2)24-17)15-6-8-16(23)9-7-15/h6-9,14,18-19,21,28H,3-5,10-13H2,1-2H3/t18-,19-,21-/m1/s1. The summed E-state index contributed by atoms with van der Waals surface area (Å²) in [4.78, 5) is 17.1. The molecule has 1 aromatic carbocycles. The molecule has 1 aliphatic heterocycles. The molecule has 1 saturated heterocycles.